The van der Waals surface area contributed by atoms with E-state index in [4.69, 9.17) is 9.73 Å². The summed E-state index contributed by atoms with van der Waals surface area (Å²) >= 11 is 0. The Kier molecular flexibility index (Phi) is 7.41. The van der Waals surface area contributed by atoms with Gasteiger partial charge in [-0.3, -0.25) is 9.89 Å². The van der Waals surface area contributed by atoms with Crippen LogP contribution in [0.3, 0.4) is 0 Å². The van der Waals surface area contributed by atoms with Crippen LogP contribution in [0.5, 0.6) is 0 Å². The third-order valence-corrected chi connectivity index (χ3v) is 6.39. The summed E-state index contributed by atoms with van der Waals surface area (Å²) in [6, 6.07) is 11.2. The van der Waals surface area contributed by atoms with E-state index in [9.17, 15) is 0 Å². The average Bonchev–Trinajstić information content (AvgIpc) is 3.36. The number of nitrogens with one attached hydrogen (secondary N) is 2. The first kappa shape index (κ1) is 20.6. The van der Waals surface area contributed by atoms with Crippen LogP contribution in [0.15, 0.2) is 35.3 Å². The minimum absolute atomic E-state index is 0.385. The molecular weight excluding hydrogens is 362 g/mol. The number of rotatable bonds is 8. The van der Waals surface area contributed by atoms with Gasteiger partial charge in [0, 0.05) is 52.4 Å². The second-order valence-electron chi connectivity index (χ2n) is 8.58. The fourth-order valence-corrected chi connectivity index (χ4v) is 4.78. The molecule has 1 aromatic carbocycles. The lowest BCUT2D eigenvalue weighted by Gasteiger charge is -2.34. The number of fused-ring (bicyclic) bond motifs is 2. The molecule has 3 unspecified atom stereocenters. The van der Waals surface area contributed by atoms with Crippen LogP contribution in [0, 0.1) is 0 Å². The molecule has 0 amide bonds. The molecule has 0 aliphatic carbocycles. The van der Waals surface area contributed by atoms with E-state index in [1.807, 2.05) is 0 Å². The minimum Gasteiger partial charge on any atom is -0.373 e. The Morgan fingerprint density at radius 2 is 1.90 bits per heavy atom. The van der Waals surface area contributed by atoms with Crippen LogP contribution >= 0.6 is 0 Å². The van der Waals surface area contributed by atoms with Gasteiger partial charge in [0.2, 0.25) is 0 Å². The van der Waals surface area contributed by atoms with Gasteiger partial charge in [-0.15, -0.1) is 0 Å². The molecule has 1 aromatic rings. The number of nitrogens with zero attached hydrogens (tertiary/aromatic N) is 3. The fourth-order valence-electron chi connectivity index (χ4n) is 4.78. The summed E-state index contributed by atoms with van der Waals surface area (Å²) in [6.45, 7) is 10.8. The van der Waals surface area contributed by atoms with E-state index in [1.54, 1.807) is 0 Å². The zero-order chi connectivity index (χ0) is 19.9. The first-order chi connectivity index (χ1) is 14.3. The van der Waals surface area contributed by atoms with Gasteiger partial charge in [-0.25, -0.2) is 0 Å². The van der Waals surface area contributed by atoms with Crippen LogP contribution in [-0.4, -0.2) is 79.8 Å². The molecule has 3 aliphatic rings. The standard InChI is InChI=1S/C23H37N5O/c1-2-24-23(26-21-17-20-9-10-22(21)29-20)25-11-6-12-27-13-15-28(16-14-27)18-19-7-4-3-5-8-19/h3-5,7-8,20-22H,2,6,9-18H2,1H3,(H2,24,25,26). The highest BCUT2D eigenvalue weighted by Crippen LogP contribution is 2.34. The average molecular weight is 400 g/mol. The van der Waals surface area contributed by atoms with E-state index in [0.717, 1.165) is 71.2 Å². The Morgan fingerprint density at radius 3 is 2.59 bits per heavy atom. The van der Waals surface area contributed by atoms with Crippen LogP contribution in [0.25, 0.3) is 0 Å². The summed E-state index contributed by atoms with van der Waals surface area (Å²) in [6.07, 6.45) is 5.52. The number of hydrogen-bond acceptors (Lipinski definition) is 4. The second kappa shape index (κ2) is 10.4. The molecule has 29 heavy (non-hydrogen) atoms. The SMILES string of the molecule is CCNC(=NCCCN1CCN(Cc2ccccc2)CC1)NC1CC2CCC1O2. The number of hydrogen-bond donors (Lipinski definition) is 2. The van der Waals surface area contributed by atoms with Crippen molar-refractivity contribution < 1.29 is 4.74 Å². The van der Waals surface area contributed by atoms with Gasteiger partial charge in [-0.1, -0.05) is 30.3 Å². The van der Waals surface area contributed by atoms with Crippen molar-refractivity contribution in [2.45, 2.75) is 57.4 Å². The molecule has 3 fully saturated rings. The van der Waals surface area contributed by atoms with Crippen molar-refractivity contribution >= 4 is 5.96 Å². The topological polar surface area (TPSA) is 52.1 Å². The molecule has 3 saturated heterocycles. The highest BCUT2D eigenvalue weighted by Gasteiger charge is 2.41. The van der Waals surface area contributed by atoms with Gasteiger partial charge in [0.25, 0.3) is 0 Å². The van der Waals surface area contributed by atoms with Gasteiger partial charge >= 0.3 is 0 Å². The lowest BCUT2D eigenvalue weighted by Crippen LogP contribution is -2.47. The molecule has 3 atom stereocenters. The molecule has 3 aliphatic heterocycles. The van der Waals surface area contributed by atoms with E-state index in [2.05, 4.69) is 57.7 Å². The predicted octanol–water partition coefficient (Wildman–Crippen LogP) is 2.07. The highest BCUT2D eigenvalue weighted by molar-refractivity contribution is 5.80. The Bertz CT molecular complexity index is 644. The Balaban J connectivity index is 1.14. The van der Waals surface area contributed by atoms with Crippen LogP contribution in [-0.2, 0) is 11.3 Å². The normalized spacial score (nSPS) is 28.0. The van der Waals surface area contributed by atoms with Gasteiger partial charge in [-0.05, 0) is 38.2 Å². The van der Waals surface area contributed by atoms with E-state index >= 15 is 0 Å². The van der Waals surface area contributed by atoms with Crippen LogP contribution in [0.4, 0.5) is 0 Å². The van der Waals surface area contributed by atoms with Crippen LogP contribution in [0.2, 0.25) is 0 Å². The first-order valence-electron chi connectivity index (χ1n) is 11.5. The molecule has 6 nitrogen and oxygen atoms in total. The summed E-state index contributed by atoms with van der Waals surface area (Å²) in [4.78, 5) is 9.97. The fraction of sp³-hybridized carbons (Fsp3) is 0.696. The summed E-state index contributed by atoms with van der Waals surface area (Å²) in [7, 11) is 0. The maximum absolute atomic E-state index is 5.96. The van der Waals surface area contributed by atoms with E-state index < -0.39 is 0 Å². The molecule has 2 bridgehead atoms. The van der Waals surface area contributed by atoms with Gasteiger partial charge in [0.1, 0.15) is 0 Å². The van der Waals surface area contributed by atoms with Crippen molar-refractivity contribution in [2.75, 3.05) is 45.8 Å². The van der Waals surface area contributed by atoms with Crippen molar-refractivity contribution in [1.29, 1.82) is 0 Å². The second-order valence-corrected chi connectivity index (χ2v) is 8.58. The molecule has 4 rings (SSSR count). The van der Waals surface area contributed by atoms with Crippen molar-refractivity contribution in [1.82, 2.24) is 20.4 Å². The molecule has 2 N–H and O–H groups in total. The molecular formula is C23H37N5O. The van der Waals surface area contributed by atoms with E-state index in [-0.39, 0.29) is 0 Å². The first-order valence-corrected chi connectivity index (χ1v) is 11.5. The van der Waals surface area contributed by atoms with Gasteiger partial charge in [-0.2, -0.15) is 0 Å². The maximum atomic E-state index is 5.96. The van der Waals surface area contributed by atoms with Crippen molar-refractivity contribution in [2.24, 2.45) is 4.99 Å². The van der Waals surface area contributed by atoms with Crippen molar-refractivity contribution in [3.63, 3.8) is 0 Å². The lowest BCUT2D eigenvalue weighted by molar-refractivity contribution is 0.0992. The Morgan fingerprint density at radius 1 is 1.10 bits per heavy atom. The number of ether oxygens (including phenoxy) is 1. The molecule has 0 aromatic heterocycles. The van der Waals surface area contributed by atoms with Crippen molar-refractivity contribution in [3.05, 3.63) is 35.9 Å². The van der Waals surface area contributed by atoms with E-state index in [0.29, 0.717) is 18.2 Å². The van der Waals surface area contributed by atoms with Gasteiger partial charge < -0.3 is 20.3 Å². The third-order valence-electron chi connectivity index (χ3n) is 6.39. The number of piperazine rings is 1. The highest BCUT2D eigenvalue weighted by atomic mass is 16.5. The molecule has 6 heteroatoms. The summed E-state index contributed by atoms with van der Waals surface area (Å²) < 4.78 is 5.96. The summed E-state index contributed by atoms with van der Waals surface area (Å²) in [5, 5.41) is 7.01. The quantitative estimate of drug-likeness (QED) is 0.398. The molecule has 0 saturated carbocycles. The van der Waals surface area contributed by atoms with Gasteiger partial charge in [0.15, 0.2) is 5.96 Å². The van der Waals surface area contributed by atoms with Gasteiger partial charge in [0.05, 0.1) is 18.2 Å². The third kappa shape index (κ3) is 5.93. The predicted molar refractivity (Wildman–Crippen MR) is 118 cm³/mol. The minimum atomic E-state index is 0.385. The lowest BCUT2D eigenvalue weighted by atomic mass is 9.96. The molecule has 160 valence electrons. The zero-order valence-electron chi connectivity index (χ0n) is 17.9. The Labute approximate surface area is 175 Å². The zero-order valence-corrected chi connectivity index (χ0v) is 17.9. The van der Waals surface area contributed by atoms with Crippen molar-refractivity contribution in [3.8, 4) is 0 Å². The Hall–Kier alpha value is -1.63. The molecule has 3 heterocycles. The molecule has 0 radical (unpaired) electrons. The van der Waals surface area contributed by atoms with E-state index in [1.165, 1.54) is 18.4 Å². The summed E-state index contributed by atoms with van der Waals surface area (Å²) in [5.41, 5.74) is 1.42. The maximum Gasteiger partial charge on any atom is 0.191 e. The molecule has 0 spiro atoms. The van der Waals surface area contributed by atoms with Crippen LogP contribution in [0.1, 0.15) is 38.2 Å². The smallest absolute Gasteiger partial charge is 0.191 e. The van der Waals surface area contributed by atoms with Crippen LogP contribution < -0.4 is 10.6 Å². The monoisotopic (exact) mass is 399 g/mol. The number of guanidine groups is 1. The largest absolute Gasteiger partial charge is 0.373 e. The number of aliphatic imine (C=N–C) groups is 1. The summed E-state index contributed by atoms with van der Waals surface area (Å²) in [5.74, 6) is 0.960. The number of benzene rings is 1.